The Labute approximate surface area is 159 Å². The zero-order valence-electron chi connectivity index (χ0n) is 14.6. The van der Waals surface area contributed by atoms with Crippen molar-refractivity contribution in [1.82, 2.24) is 9.97 Å². The van der Waals surface area contributed by atoms with Gasteiger partial charge in [-0.1, -0.05) is 18.2 Å². The van der Waals surface area contributed by atoms with E-state index in [0.29, 0.717) is 0 Å². The van der Waals surface area contributed by atoms with Crippen LogP contribution in [0.2, 0.25) is 0 Å². The number of hydrogen-bond acceptors (Lipinski definition) is 2. The van der Waals surface area contributed by atoms with Gasteiger partial charge in [-0.3, -0.25) is 4.79 Å². The molecule has 4 aromatic rings. The summed E-state index contributed by atoms with van der Waals surface area (Å²) in [6.45, 7) is 0. The number of rotatable bonds is 4. The molecule has 28 heavy (non-hydrogen) atoms. The maximum absolute atomic E-state index is 13.2. The summed E-state index contributed by atoms with van der Waals surface area (Å²) in [4.78, 5) is 19.5. The Balaban J connectivity index is 1.51. The van der Waals surface area contributed by atoms with Gasteiger partial charge in [0.25, 0.3) is 0 Å². The Morgan fingerprint density at radius 1 is 1.00 bits per heavy atom. The van der Waals surface area contributed by atoms with Gasteiger partial charge >= 0.3 is 0 Å². The number of carbonyl (C=O) groups is 1. The van der Waals surface area contributed by atoms with Crippen molar-refractivity contribution in [3.8, 4) is 11.1 Å². The van der Waals surface area contributed by atoms with Crippen LogP contribution < -0.4 is 5.32 Å². The fourth-order valence-electron chi connectivity index (χ4n) is 2.90. The van der Waals surface area contributed by atoms with E-state index in [4.69, 9.17) is 0 Å². The summed E-state index contributed by atoms with van der Waals surface area (Å²) in [7, 11) is 0. The second-order valence-corrected chi connectivity index (χ2v) is 6.25. The van der Waals surface area contributed by atoms with Gasteiger partial charge in [0, 0.05) is 41.2 Å². The maximum atomic E-state index is 13.2. The molecular weight excluding hydrogens is 360 g/mol. The predicted octanol–water partition coefficient (Wildman–Crippen LogP) is 5.16. The van der Waals surface area contributed by atoms with Gasteiger partial charge in [0.1, 0.15) is 17.3 Å². The average molecular weight is 375 g/mol. The van der Waals surface area contributed by atoms with Gasteiger partial charge in [0.05, 0.1) is 0 Å². The third-order valence-corrected chi connectivity index (χ3v) is 4.18. The molecule has 2 aromatic carbocycles. The monoisotopic (exact) mass is 375 g/mol. The van der Waals surface area contributed by atoms with Crippen LogP contribution in [-0.2, 0) is 4.79 Å². The van der Waals surface area contributed by atoms with Crippen LogP contribution in [0.1, 0.15) is 5.56 Å². The topological polar surface area (TPSA) is 57.8 Å². The van der Waals surface area contributed by atoms with E-state index in [1.807, 2.05) is 42.6 Å². The van der Waals surface area contributed by atoms with Crippen LogP contribution in [0.15, 0.2) is 73.1 Å². The molecule has 0 unspecified atom stereocenters. The number of aromatic amines is 1. The first-order chi connectivity index (χ1) is 13.6. The lowest BCUT2D eigenvalue weighted by Gasteiger charge is -2.04. The molecule has 0 spiro atoms. The molecule has 0 aliphatic rings. The van der Waals surface area contributed by atoms with Crippen LogP contribution in [0.4, 0.5) is 14.5 Å². The minimum atomic E-state index is -0.750. The smallest absolute Gasteiger partial charge is 0.248 e. The number of carbonyl (C=O) groups excluding carboxylic acids is 1. The number of H-pyrrole nitrogens is 1. The normalized spacial score (nSPS) is 11.2. The number of amides is 1. The standard InChI is InChI=1S/C22H15F2N3O/c23-18-10-19(24)12-20(11-18)27-21(28)5-4-14-2-1-3-15(8-14)17-9-16-6-7-25-22(16)26-13-17/h1-13H,(H,25,26)(H,27,28). The third kappa shape index (κ3) is 3.96. The van der Waals surface area contributed by atoms with Crippen LogP contribution in [-0.4, -0.2) is 15.9 Å². The van der Waals surface area contributed by atoms with E-state index < -0.39 is 17.5 Å². The molecule has 138 valence electrons. The highest BCUT2D eigenvalue weighted by Crippen LogP contribution is 2.23. The Hall–Kier alpha value is -3.80. The molecule has 1 amide bonds. The van der Waals surface area contributed by atoms with Gasteiger partial charge in [-0.05, 0) is 47.5 Å². The summed E-state index contributed by atoms with van der Waals surface area (Å²) in [5, 5.41) is 3.45. The van der Waals surface area contributed by atoms with Crippen molar-refractivity contribution in [2.75, 3.05) is 5.32 Å². The number of aromatic nitrogens is 2. The van der Waals surface area contributed by atoms with E-state index in [2.05, 4.69) is 15.3 Å². The van der Waals surface area contributed by atoms with Crippen molar-refractivity contribution in [3.05, 3.63) is 90.3 Å². The first kappa shape index (κ1) is 17.6. The molecule has 0 bridgehead atoms. The van der Waals surface area contributed by atoms with Crippen molar-refractivity contribution in [2.45, 2.75) is 0 Å². The van der Waals surface area contributed by atoms with Crippen molar-refractivity contribution >= 4 is 28.7 Å². The molecule has 0 atom stereocenters. The van der Waals surface area contributed by atoms with Gasteiger partial charge in [0.15, 0.2) is 0 Å². The summed E-state index contributed by atoms with van der Waals surface area (Å²) in [5.74, 6) is -1.98. The minimum Gasteiger partial charge on any atom is -0.346 e. The zero-order chi connectivity index (χ0) is 19.5. The van der Waals surface area contributed by atoms with E-state index in [-0.39, 0.29) is 5.69 Å². The molecular formula is C22H15F2N3O. The first-order valence-corrected chi connectivity index (χ1v) is 8.55. The molecule has 0 saturated carbocycles. The highest BCUT2D eigenvalue weighted by atomic mass is 19.1. The second-order valence-electron chi connectivity index (χ2n) is 6.25. The van der Waals surface area contributed by atoms with Crippen LogP contribution >= 0.6 is 0 Å². The van der Waals surface area contributed by atoms with Crippen LogP contribution in [0, 0.1) is 11.6 Å². The quantitative estimate of drug-likeness (QED) is 0.484. The van der Waals surface area contributed by atoms with E-state index in [1.54, 1.807) is 12.3 Å². The SMILES string of the molecule is O=C(C=Cc1cccc(-c2cnc3[nH]ccc3c2)c1)Nc1cc(F)cc(F)c1. The average Bonchev–Trinajstić information content (AvgIpc) is 3.13. The Kier molecular flexibility index (Phi) is 4.68. The minimum absolute atomic E-state index is 0.0618. The van der Waals surface area contributed by atoms with E-state index in [9.17, 15) is 13.6 Å². The molecule has 2 aromatic heterocycles. The van der Waals surface area contributed by atoms with Gasteiger partial charge in [-0.25, -0.2) is 13.8 Å². The predicted molar refractivity (Wildman–Crippen MR) is 106 cm³/mol. The summed E-state index contributed by atoms with van der Waals surface area (Å²) in [6.07, 6.45) is 6.57. The lowest BCUT2D eigenvalue weighted by molar-refractivity contribution is -0.111. The van der Waals surface area contributed by atoms with Crippen LogP contribution in [0.5, 0.6) is 0 Å². The van der Waals surface area contributed by atoms with E-state index >= 15 is 0 Å². The van der Waals surface area contributed by atoms with Crippen LogP contribution in [0.25, 0.3) is 28.2 Å². The number of halogens is 2. The van der Waals surface area contributed by atoms with Crippen LogP contribution in [0.3, 0.4) is 0 Å². The number of nitrogens with zero attached hydrogens (tertiary/aromatic N) is 1. The number of benzene rings is 2. The molecule has 0 aliphatic carbocycles. The Bertz CT molecular complexity index is 1180. The van der Waals surface area contributed by atoms with Crippen molar-refractivity contribution in [3.63, 3.8) is 0 Å². The van der Waals surface area contributed by atoms with Gasteiger partial charge in [0.2, 0.25) is 5.91 Å². The Morgan fingerprint density at radius 2 is 1.82 bits per heavy atom. The number of nitrogens with one attached hydrogen (secondary N) is 2. The molecule has 0 radical (unpaired) electrons. The van der Waals surface area contributed by atoms with Gasteiger partial charge in [-0.15, -0.1) is 0 Å². The number of anilines is 1. The molecule has 4 rings (SSSR count). The third-order valence-electron chi connectivity index (χ3n) is 4.18. The molecule has 0 saturated heterocycles. The summed E-state index contributed by atoms with van der Waals surface area (Å²) < 4.78 is 26.4. The zero-order valence-corrected chi connectivity index (χ0v) is 14.6. The number of pyridine rings is 1. The molecule has 6 heteroatoms. The molecule has 0 fully saturated rings. The summed E-state index contributed by atoms with van der Waals surface area (Å²) in [6, 6.07) is 14.5. The molecule has 4 nitrogen and oxygen atoms in total. The fraction of sp³-hybridized carbons (Fsp3) is 0. The second kappa shape index (κ2) is 7.44. The van der Waals surface area contributed by atoms with Gasteiger partial charge < -0.3 is 10.3 Å². The molecule has 2 heterocycles. The summed E-state index contributed by atoms with van der Waals surface area (Å²) >= 11 is 0. The number of fused-ring (bicyclic) bond motifs is 1. The molecule has 2 N–H and O–H groups in total. The van der Waals surface area contributed by atoms with Crippen molar-refractivity contribution in [1.29, 1.82) is 0 Å². The largest absolute Gasteiger partial charge is 0.346 e. The summed E-state index contributed by atoms with van der Waals surface area (Å²) in [5.41, 5.74) is 3.62. The number of hydrogen-bond donors (Lipinski definition) is 2. The van der Waals surface area contributed by atoms with Crippen molar-refractivity contribution < 1.29 is 13.6 Å². The highest BCUT2D eigenvalue weighted by Gasteiger charge is 2.04. The van der Waals surface area contributed by atoms with E-state index in [1.165, 1.54) is 6.08 Å². The Morgan fingerprint density at radius 3 is 2.64 bits per heavy atom. The highest BCUT2D eigenvalue weighted by molar-refractivity contribution is 6.02. The molecule has 0 aliphatic heterocycles. The first-order valence-electron chi connectivity index (χ1n) is 8.55. The van der Waals surface area contributed by atoms with Crippen molar-refractivity contribution in [2.24, 2.45) is 0 Å². The maximum Gasteiger partial charge on any atom is 0.248 e. The lowest BCUT2D eigenvalue weighted by Crippen LogP contribution is -2.08. The lowest BCUT2D eigenvalue weighted by atomic mass is 10.0. The fourth-order valence-corrected chi connectivity index (χ4v) is 2.90. The van der Waals surface area contributed by atoms with Gasteiger partial charge in [-0.2, -0.15) is 0 Å². The van der Waals surface area contributed by atoms with E-state index in [0.717, 1.165) is 45.9 Å².